The summed E-state index contributed by atoms with van der Waals surface area (Å²) in [6.45, 7) is 3.34. The van der Waals surface area contributed by atoms with Gasteiger partial charge in [-0.3, -0.25) is 13.9 Å². The van der Waals surface area contributed by atoms with E-state index < -0.39 is 28.5 Å². The zero-order chi connectivity index (χ0) is 31.0. The van der Waals surface area contributed by atoms with E-state index in [1.165, 1.54) is 29.2 Å². The van der Waals surface area contributed by atoms with E-state index in [9.17, 15) is 18.0 Å². The molecule has 0 unspecified atom stereocenters. The molecule has 1 saturated carbocycles. The molecule has 0 spiro atoms. The molecule has 3 aromatic rings. The average molecular weight is 691 g/mol. The highest BCUT2D eigenvalue weighted by molar-refractivity contribution is 9.10. The van der Waals surface area contributed by atoms with Gasteiger partial charge in [0.1, 0.15) is 18.3 Å². The third-order valence-corrected chi connectivity index (χ3v) is 9.99. The quantitative estimate of drug-likeness (QED) is 0.232. The molecule has 0 bridgehead atoms. The van der Waals surface area contributed by atoms with Crippen molar-refractivity contribution >= 4 is 55.1 Å². The molecule has 4 rings (SSSR count). The van der Waals surface area contributed by atoms with Crippen LogP contribution in [0.1, 0.15) is 51.5 Å². The number of nitrogens with zero attached hydrogens (tertiary/aromatic N) is 2. The minimum atomic E-state index is -4.25. The maximum absolute atomic E-state index is 14.2. The predicted octanol–water partition coefficient (Wildman–Crippen LogP) is 6.56. The van der Waals surface area contributed by atoms with Crippen molar-refractivity contribution in [3.05, 3.63) is 87.9 Å². The van der Waals surface area contributed by atoms with Gasteiger partial charge in [-0.15, -0.1) is 0 Å². The second-order valence-electron chi connectivity index (χ2n) is 10.5. The number of halogens is 2. The Labute approximate surface area is 267 Å². The Hall–Kier alpha value is -3.08. The number of carbonyl (C=O) groups excluding carboxylic acids is 2. The van der Waals surface area contributed by atoms with E-state index in [1.54, 1.807) is 38.1 Å². The van der Waals surface area contributed by atoms with Gasteiger partial charge in [0.05, 0.1) is 17.2 Å². The van der Waals surface area contributed by atoms with Crippen LogP contribution in [0, 0.1) is 0 Å². The van der Waals surface area contributed by atoms with E-state index in [-0.39, 0.29) is 29.1 Å². The first-order valence-electron chi connectivity index (χ1n) is 14.4. The van der Waals surface area contributed by atoms with Crippen LogP contribution < -0.4 is 14.4 Å². The van der Waals surface area contributed by atoms with Crippen molar-refractivity contribution in [1.29, 1.82) is 0 Å². The average Bonchev–Trinajstić information content (AvgIpc) is 2.99. The molecular weight excluding hydrogens is 654 g/mol. The Balaban J connectivity index is 1.72. The molecule has 0 heterocycles. The van der Waals surface area contributed by atoms with Gasteiger partial charge >= 0.3 is 0 Å². The molecule has 1 N–H and O–H groups in total. The molecule has 0 saturated heterocycles. The Morgan fingerprint density at radius 1 is 1.02 bits per heavy atom. The monoisotopic (exact) mass is 689 g/mol. The maximum Gasteiger partial charge on any atom is 0.264 e. The van der Waals surface area contributed by atoms with Gasteiger partial charge in [0.15, 0.2) is 0 Å². The highest BCUT2D eigenvalue weighted by atomic mass is 79.9. The molecule has 1 fully saturated rings. The van der Waals surface area contributed by atoms with E-state index in [0.29, 0.717) is 17.4 Å². The van der Waals surface area contributed by atoms with Crippen LogP contribution in [-0.2, 0) is 26.2 Å². The summed E-state index contributed by atoms with van der Waals surface area (Å²) in [5.74, 6) is -0.482. The number of hydrogen-bond donors (Lipinski definition) is 1. The summed E-state index contributed by atoms with van der Waals surface area (Å²) in [5, 5.41) is 3.50. The van der Waals surface area contributed by atoms with E-state index in [1.807, 2.05) is 24.3 Å². The Morgan fingerprint density at radius 2 is 1.72 bits per heavy atom. The molecule has 8 nitrogen and oxygen atoms in total. The van der Waals surface area contributed by atoms with Crippen molar-refractivity contribution in [2.75, 3.05) is 17.5 Å². The SMILES string of the molecule is CCOc1ccccc1N(CC(=O)N(Cc1cccc(Br)c1)[C@H](C)C(=O)NC1CCCCC1)S(=O)(=O)c1ccc(Cl)cc1. The van der Waals surface area contributed by atoms with Gasteiger partial charge in [-0.1, -0.05) is 71.1 Å². The zero-order valence-corrected chi connectivity index (χ0v) is 27.5. The van der Waals surface area contributed by atoms with Crippen molar-refractivity contribution < 1.29 is 22.7 Å². The van der Waals surface area contributed by atoms with Crippen LogP contribution in [-0.4, -0.2) is 50.4 Å². The van der Waals surface area contributed by atoms with E-state index >= 15 is 0 Å². The Bertz CT molecular complexity index is 1510. The lowest BCUT2D eigenvalue weighted by atomic mass is 9.95. The minimum absolute atomic E-state index is 0.0300. The second-order valence-corrected chi connectivity index (χ2v) is 13.8. The molecule has 1 atom stereocenters. The number of amides is 2. The molecule has 0 aromatic heterocycles. The smallest absolute Gasteiger partial charge is 0.264 e. The van der Waals surface area contributed by atoms with Gasteiger partial charge in [0.2, 0.25) is 11.8 Å². The number of nitrogens with one attached hydrogen (secondary N) is 1. The molecule has 0 radical (unpaired) electrons. The summed E-state index contributed by atoms with van der Waals surface area (Å²) in [6, 6.07) is 19.1. The second kappa shape index (κ2) is 15.1. The van der Waals surface area contributed by atoms with Crippen molar-refractivity contribution in [3.8, 4) is 5.75 Å². The zero-order valence-electron chi connectivity index (χ0n) is 24.3. The summed E-state index contributed by atoms with van der Waals surface area (Å²) in [5.41, 5.74) is 1.01. The van der Waals surface area contributed by atoms with Crippen LogP contribution in [0.2, 0.25) is 5.02 Å². The topological polar surface area (TPSA) is 96.0 Å². The summed E-state index contributed by atoms with van der Waals surface area (Å²) in [7, 11) is -4.25. The molecule has 2 amide bonds. The van der Waals surface area contributed by atoms with Crippen LogP contribution in [0.25, 0.3) is 0 Å². The largest absolute Gasteiger partial charge is 0.492 e. The van der Waals surface area contributed by atoms with Gasteiger partial charge in [0.25, 0.3) is 10.0 Å². The number of rotatable bonds is 12. The molecule has 43 heavy (non-hydrogen) atoms. The van der Waals surface area contributed by atoms with Crippen molar-refractivity contribution in [3.63, 3.8) is 0 Å². The van der Waals surface area contributed by atoms with E-state index in [4.69, 9.17) is 16.3 Å². The van der Waals surface area contributed by atoms with Gasteiger partial charge < -0.3 is 15.0 Å². The number of hydrogen-bond acceptors (Lipinski definition) is 5. The normalized spacial score (nSPS) is 14.5. The number of anilines is 1. The number of ether oxygens (including phenoxy) is 1. The summed E-state index contributed by atoms with van der Waals surface area (Å²) < 4.78 is 35.8. The highest BCUT2D eigenvalue weighted by Gasteiger charge is 2.34. The van der Waals surface area contributed by atoms with Gasteiger partial charge in [-0.25, -0.2) is 8.42 Å². The molecule has 1 aliphatic carbocycles. The summed E-state index contributed by atoms with van der Waals surface area (Å²) in [6.07, 6.45) is 5.06. The minimum Gasteiger partial charge on any atom is -0.492 e. The first-order valence-corrected chi connectivity index (χ1v) is 17.1. The van der Waals surface area contributed by atoms with Crippen LogP contribution in [0.3, 0.4) is 0 Å². The molecule has 1 aliphatic rings. The Kier molecular flexibility index (Phi) is 11.5. The fraction of sp³-hybridized carbons (Fsp3) is 0.375. The van der Waals surface area contributed by atoms with E-state index in [2.05, 4.69) is 21.2 Å². The third kappa shape index (κ3) is 8.52. The molecular formula is C32H37BrClN3O5S. The molecule has 0 aliphatic heterocycles. The number of carbonyl (C=O) groups is 2. The van der Waals surface area contributed by atoms with E-state index in [0.717, 1.165) is 46.4 Å². The first kappa shape index (κ1) is 32.8. The van der Waals surface area contributed by atoms with Crippen LogP contribution in [0.4, 0.5) is 5.69 Å². The van der Waals surface area contributed by atoms with Crippen molar-refractivity contribution in [2.45, 2.75) is 69.5 Å². The van der Waals surface area contributed by atoms with Crippen LogP contribution in [0.15, 0.2) is 82.2 Å². The maximum atomic E-state index is 14.2. The predicted molar refractivity (Wildman–Crippen MR) is 173 cm³/mol. The van der Waals surface area contributed by atoms with Crippen LogP contribution >= 0.6 is 27.5 Å². The molecule has 230 valence electrons. The molecule has 11 heteroatoms. The van der Waals surface area contributed by atoms with Gasteiger partial charge in [0, 0.05) is 22.1 Å². The van der Waals surface area contributed by atoms with Crippen molar-refractivity contribution in [1.82, 2.24) is 10.2 Å². The first-order chi connectivity index (χ1) is 20.6. The van der Waals surface area contributed by atoms with Gasteiger partial charge in [-0.05, 0) is 80.8 Å². The summed E-state index contributed by atoms with van der Waals surface area (Å²) >= 11 is 9.52. The lowest BCUT2D eigenvalue weighted by molar-refractivity contribution is -0.139. The van der Waals surface area contributed by atoms with Crippen LogP contribution in [0.5, 0.6) is 5.75 Å². The number of para-hydroxylation sites is 2. The lowest BCUT2D eigenvalue weighted by Gasteiger charge is -2.33. The summed E-state index contributed by atoms with van der Waals surface area (Å²) in [4.78, 5) is 29.1. The fourth-order valence-electron chi connectivity index (χ4n) is 5.17. The lowest BCUT2D eigenvalue weighted by Crippen LogP contribution is -2.53. The van der Waals surface area contributed by atoms with Crippen molar-refractivity contribution in [2.24, 2.45) is 0 Å². The standard InChI is InChI=1S/C32H37BrClN3O5S/c1-3-42-30-15-8-7-14-29(30)37(43(40,41)28-18-16-26(34)17-19-28)22-31(38)36(21-24-10-9-11-25(33)20-24)23(2)32(39)35-27-12-5-4-6-13-27/h7-11,14-20,23,27H,3-6,12-13,21-22H2,1-2H3,(H,35,39)/t23-/m1/s1. The number of benzene rings is 3. The number of sulfonamides is 1. The van der Waals surface area contributed by atoms with Gasteiger partial charge in [-0.2, -0.15) is 0 Å². The highest BCUT2D eigenvalue weighted by Crippen LogP contribution is 2.33. The molecule has 3 aromatic carbocycles. The Morgan fingerprint density at radius 3 is 2.40 bits per heavy atom. The third-order valence-electron chi connectivity index (χ3n) is 7.48. The fourth-order valence-corrected chi connectivity index (χ4v) is 7.17.